The van der Waals surface area contributed by atoms with Crippen molar-refractivity contribution in [2.24, 2.45) is 17.6 Å². The molecule has 5 nitrogen and oxygen atoms in total. The first-order valence-corrected chi connectivity index (χ1v) is 8.36. The third-order valence-electron chi connectivity index (χ3n) is 4.71. The van der Waals surface area contributed by atoms with Crippen LogP contribution in [0.1, 0.15) is 33.6 Å². The van der Waals surface area contributed by atoms with Crippen LogP contribution in [0.15, 0.2) is 0 Å². The number of nitrogens with zero attached hydrogens (tertiary/aromatic N) is 2. The molecule has 2 N–H and O–H groups in total. The minimum atomic E-state index is -0.0394. The number of ether oxygens (including phenoxy) is 1. The molecule has 23 heavy (non-hydrogen) atoms. The van der Waals surface area contributed by atoms with Gasteiger partial charge in [-0.1, -0.05) is 6.92 Å². The zero-order valence-electron chi connectivity index (χ0n) is 14.6. The van der Waals surface area contributed by atoms with Crippen LogP contribution in [0.2, 0.25) is 0 Å². The topological polar surface area (TPSA) is 58.8 Å². The minimum absolute atomic E-state index is 0. The summed E-state index contributed by atoms with van der Waals surface area (Å²) in [6, 6.07) is 0. The molecule has 7 heteroatoms. The van der Waals surface area contributed by atoms with Gasteiger partial charge >= 0.3 is 0 Å². The molecule has 2 saturated heterocycles. The molecule has 0 bridgehead atoms. The number of hydrogen-bond acceptors (Lipinski definition) is 4. The van der Waals surface area contributed by atoms with Gasteiger partial charge < -0.3 is 15.4 Å². The fourth-order valence-corrected chi connectivity index (χ4v) is 3.55. The van der Waals surface area contributed by atoms with E-state index in [9.17, 15) is 4.79 Å². The number of piperidine rings is 1. The SMILES string of the molecule is CC1CN(CC2CCN(C(=O)C(C)CN)CC2)CC(C)O1.Cl.Cl. The Labute approximate surface area is 153 Å². The normalized spacial score (nSPS) is 27.7. The quantitative estimate of drug-likeness (QED) is 0.820. The van der Waals surface area contributed by atoms with Crippen LogP contribution in [0.4, 0.5) is 0 Å². The van der Waals surface area contributed by atoms with Crippen molar-refractivity contribution in [1.29, 1.82) is 0 Å². The number of rotatable bonds is 4. The van der Waals surface area contributed by atoms with Crippen LogP contribution >= 0.6 is 24.8 Å². The Bertz CT molecular complexity index is 342. The first-order valence-electron chi connectivity index (χ1n) is 8.36. The minimum Gasteiger partial charge on any atom is -0.373 e. The third kappa shape index (κ3) is 6.75. The third-order valence-corrected chi connectivity index (χ3v) is 4.71. The van der Waals surface area contributed by atoms with Gasteiger partial charge in [0.2, 0.25) is 5.91 Å². The zero-order valence-corrected chi connectivity index (χ0v) is 16.2. The Kier molecular flexibility index (Phi) is 10.7. The molecule has 0 aliphatic carbocycles. The van der Waals surface area contributed by atoms with Crippen molar-refractivity contribution < 1.29 is 9.53 Å². The Balaban J connectivity index is 0.00000242. The molecule has 0 aromatic heterocycles. The van der Waals surface area contributed by atoms with E-state index in [-0.39, 0.29) is 36.6 Å². The molecular weight excluding hydrogens is 337 g/mol. The highest BCUT2D eigenvalue weighted by Crippen LogP contribution is 2.21. The number of carbonyl (C=O) groups is 1. The summed E-state index contributed by atoms with van der Waals surface area (Å²) in [4.78, 5) is 16.7. The molecule has 0 spiro atoms. The van der Waals surface area contributed by atoms with Gasteiger partial charge in [0.05, 0.1) is 12.2 Å². The predicted molar refractivity (Wildman–Crippen MR) is 98.5 cm³/mol. The lowest BCUT2D eigenvalue weighted by Gasteiger charge is -2.39. The van der Waals surface area contributed by atoms with Gasteiger partial charge in [0.25, 0.3) is 0 Å². The molecule has 3 unspecified atom stereocenters. The van der Waals surface area contributed by atoms with Crippen molar-refractivity contribution in [3.8, 4) is 0 Å². The van der Waals surface area contributed by atoms with Gasteiger partial charge in [-0.2, -0.15) is 0 Å². The van der Waals surface area contributed by atoms with Crippen molar-refractivity contribution in [2.75, 3.05) is 39.3 Å². The number of halogens is 2. The maximum atomic E-state index is 12.1. The van der Waals surface area contributed by atoms with E-state index in [4.69, 9.17) is 10.5 Å². The van der Waals surface area contributed by atoms with Crippen LogP contribution in [0.3, 0.4) is 0 Å². The highest BCUT2D eigenvalue weighted by Gasteiger charge is 2.28. The lowest BCUT2D eigenvalue weighted by Crippen LogP contribution is -2.49. The van der Waals surface area contributed by atoms with Crippen LogP contribution in [0.5, 0.6) is 0 Å². The lowest BCUT2D eigenvalue weighted by molar-refractivity contribution is -0.136. The summed E-state index contributed by atoms with van der Waals surface area (Å²) in [6.07, 6.45) is 2.90. The molecular formula is C16H33Cl2N3O2. The van der Waals surface area contributed by atoms with E-state index in [1.807, 2.05) is 11.8 Å². The Morgan fingerprint density at radius 2 is 1.70 bits per heavy atom. The van der Waals surface area contributed by atoms with Crippen molar-refractivity contribution >= 4 is 30.7 Å². The van der Waals surface area contributed by atoms with E-state index in [1.54, 1.807) is 0 Å². The lowest BCUT2D eigenvalue weighted by atomic mass is 9.94. The molecule has 0 aromatic carbocycles. The summed E-state index contributed by atoms with van der Waals surface area (Å²) in [7, 11) is 0. The van der Waals surface area contributed by atoms with Gasteiger partial charge in [0, 0.05) is 45.2 Å². The fourth-order valence-electron chi connectivity index (χ4n) is 3.55. The summed E-state index contributed by atoms with van der Waals surface area (Å²) in [5.41, 5.74) is 5.59. The largest absolute Gasteiger partial charge is 0.373 e. The maximum absolute atomic E-state index is 12.1. The van der Waals surface area contributed by atoms with E-state index in [0.29, 0.717) is 24.7 Å². The Morgan fingerprint density at radius 3 is 2.17 bits per heavy atom. The molecule has 0 aromatic rings. The monoisotopic (exact) mass is 369 g/mol. The molecule has 138 valence electrons. The van der Waals surface area contributed by atoms with Crippen LogP contribution in [0, 0.1) is 11.8 Å². The van der Waals surface area contributed by atoms with Gasteiger partial charge in [-0.15, -0.1) is 24.8 Å². The van der Waals surface area contributed by atoms with Gasteiger partial charge in [-0.05, 0) is 32.6 Å². The van der Waals surface area contributed by atoms with Crippen LogP contribution in [0.25, 0.3) is 0 Å². The molecule has 3 atom stereocenters. The molecule has 2 fully saturated rings. The second kappa shape index (κ2) is 10.7. The zero-order chi connectivity index (χ0) is 15.4. The number of morpholine rings is 1. The van der Waals surface area contributed by atoms with Crippen molar-refractivity contribution in [1.82, 2.24) is 9.80 Å². The Hall–Kier alpha value is -0.0700. The molecule has 2 aliphatic rings. The van der Waals surface area contributed by atoms with Crippen LogP contribution in [-0.2, 0) is 9.53 Å². The number of likely N-dealkylation sites (tertiary alicyclic amines) is 1. The first-order chi connectivity index (χ1) is 9.99. The summed E-state index contributed by atoms with van der Waals surface area (Å²) in [5.74, 6) is 0.895. The van der Waals surface area contributed by atoms with Gasteiger partial charge in [0.15, 0.2) is 0 Å². The molecule has 1 amide bonds. The summed E-state index contributed by atoms with van der Waals surface area (Å²) in [6.45, 7) is 11.7. The highest BCUT2D eigenvalue weighted by molar-refractivity contribution is 5.85. The number of carbonyl (C=O) groups excluding carboxylic acids is 1. The first kappa shape index (κ1) is 22.9. The van der Waals surface area contributed by atoms with E-state index in [2.05, 4.69) is 18.7 Å². The second-order valence-electron chi connectivity index (χ2n) is 6.88. The summed E-state index contributed by atoms with van der Waals surface area (Å²) < 4.78 is 5.79. The standard InChI is InChI=1S/C16H31N3O2.2ClH/c1-12(8-17)16(20)19-6-4-15(5-7-19)11-18-9-13(2)21-14(3)10-18;;/h12-15H,4-11,17H2,1-3H3;2*1H. The van der Waals surface area contributed by atoms with Gasteiger partial charge in [-0.25, -0.2) is 0 Å². The summed E-state index contributed by atoms with van der Waals surface area (Å²) >= 11 is 0. The molecule has 2 rings (SSSR count). The molecule has 0 saturated carbocycles. The number of hydrogen-bond donors (Lipinski definition) is 1. The van der Waals surface area contributed by atoms with Crippen molar-refractivity contribution in [2.45, 2.75) is 45.8 Å². The molecule has 2 aliphatic heterocycles. The Morgan fingerprint density at radius 1 is 1.17 bits per heavy atom. The van der Waals surface area contributed by atoms with E-state index in [1.165, 1.54) is 0 Å². The predicted octanol–water partition coefficient (Wildman–Crippen LogP) is 1.77. The van der Waals surface area contributed by atoms with Crippen molar-refractivity contribution in [3.05, 3.63) is 0 Å². The van der Waals surface area contributed by atoms with Gasteiger partial charge in [0.1, 0.15) is 0 Å². The van der Waals surface area contributed by atoms with Gasteiger partial charge in [-0.3, -0.25) is 9.69 Å². The van der Waals surface area contributed by atoms with Crippen LogP contribution in [-0.4, -0.2) is 67.2 Å². The maximum Gasteiger partial charge on any atom is 0.226 e. The average molecular weight is 370 g/mol. The van der Waals surface area contributed by atoms with E-state index in [0.717, 1.165) is 45.6 Å². The average Bonchev–Trinajstić information content (AvgIpc) is 2.45. The fraction of sp³-hybridized carbons (Fsp3) is 0.938. The highest BCUT2D eigenvalue weighted by atomic mass is 35.5. The summed E-state index contributed by atoms with van der Waals surface area (Å²) in [5, 5.41) is 0. The second-order valence-corrected chi connectivity index (χ2v) is 6.88. The smallest absolute Gasteiger partial charge is 0.226 e. The molecule has 2 heterocycles. The van der Waals surface area contributed by atoms with E-state index >= 15 is 0 Å². The number of nitrogens with two attached hydrogens (primary N) is 1. The van der Waals surface area contributed by atoms with Crippen molar-refractivity contribution in [3.63, 3.8) is 0 Å². The van der Waals surface area contributed by atoms with E-state index < -0.39 is 0 Å². The van der Waals surface area contributed by atoms with Crippen LogP contribution < -0.4 is 5.73 Å². The molecule has 0 radical (unpaired) electrons. The number of amides is 1.